The summed E-state index contributed by atoms with van der Waals surface area (Å²) in [5, 5.41) is 0. The summed E-state index contributed by atoms with van der Waals surface area (Å²) in [6, 6.07) is 17.7. The molecule has 1 amide bonds. The van der Waals surface area contributed by atoms with E-state index >= 15 is 0 Å². The Morgan fingerprint density at radius 2 is 1.78 bits per heavy atom. The van der Waals surface area contributed by atoms with Crippen LogP contribution >= 0.6 is 0 Å². The molecule has 27 heavy (non-hydrogen) atoms. The van der Waals surface area contributed by atoms with Crippen molar-refractivity contribution in [3.05, 3.63) is 83.8 Å². The van der Waals surface area contributed by atoms with Crippen LogP contribution in [0.25, 0.3) is 0 Å². The van der Waals surface area contributed by atoms with Gasteiger partial charge in [0.1, 0.15) is 0 Å². The van der Waals surface area contributed by atoms with Crippen molar-refractivity contribution in [2.45, 2.75) is 19.4 Å². The average molecular weight is 363 g/mol. The highest BCUT2D eigenvalue weighted by Crippen LogP contribution is 2.32. The summed E-state index contributed by atoms with van der Waals surface area (Å²) in [5.74, 6) is 1.50. The summed E-state index contributed by atoms with van der Waals surface area (Å²) >= 11 is 0. The number of benzene rings is 2. The zero-order chi connectivity index (χ0) is 18.5. The molecule has 1 aliphatic rings. The third-order valence-electron chi connectivity index (χ3n) is 4.61. The number of hydrogen-bond donors (Lipinski definition) is 0. The minimum atomic E-state index is 0.0750. The van der Waals surface area contributed by atoms with Gasteiger partial charge in [0.15, 0.2) is 11.5 Å². The third-order valence-corrected chi connectivity index (χ3v) is 4.61. The van der Waals surface area contributed by atoms with Crippen LogP contribution in [-0.2, 0) is 24.2 Å². The largest absolute Gasteiger partial charge is 0.472 e. The molecule has 3 aromatic rings. The molecule has 0 N–H and O–H groups in total. The normalized spacial score (nSPS) is 12.1. The van der Waals surface area contributed by atoms with Gasteiger partial charge >= 0.3 is 0 Å². The third kappa shape index (κ3) is 4.31. The molecular weight excluding hydrogens is 342 g/mol. The van der Waals surface area contributed by atoms with E-state index in [1.165, 1.54) is 5.56 Å². The molecule has 0 saturated heterocycles. The van der Waals surface area contributed by atoms with Crippen LogP contribution in [0.4, 0.5) is 0 Å². The van der Waals surface area contributed by atoms with Crippen molar-refractivity contribution in [1.29, 1.82) is 0 Å². The monoisotopic (exact) mass is 363 g/mol. The molecule has 0 bridgehead atoms. The van der Waals surface area contributed by atoms with Crippen molar-refractivity contribution in [2.75, 3.05) is 13.3 Å². The zero-order valence-electron chi connectivity index (χ0n) is 15.0. The predicted octanol–water partition coefficient (Wildman–Crippen LogP) is 3.82. The molecule has 1 aromatic heterocycles. The van der Waals surface area contributed by atoms with E-state index in [4.69, 9.17) is 13.9 Å². The molecule has 138 valence electrons. The molecule has 0 aliphatic carbocycles. The Labute approximate surface area is 158 Å². The molecule has 0 spiro atoms. The maximum atomic E-state index is 13.0. The van der Waals surface area contributed by atoms with Gasteiger partial charge in [0.25, 0.3) is 0 Å². The number of carbonyl (C=O) groups excluding carboxylic acids is 1. The Morgan fingerprint density at radius 1 is 0.926 bits per heavy atom. The van der Waals surface area contributed by atoms with E-state index in [1.54, 1.807) is 12.5 Å². The van der Waals surface area contributed by atoms with Gasteiger partial charge in [-0.25, -0.2) is 0 Å². The standard InChI is InChI=1S/C22H21NO4/c24-22(13-18-6-7-20-21(12-18)27-16-26-20)23(14-19-9-11-25-15-19)10-8-17-4-2-1-3-5-17/h1-7,9,11-12,15H,8,10,13-14,16H2. The van der Waals surface area contributed by atoms with E-state index in [0.29, 0.717) is 25.3 Å². The Kier molecular flexibility index (Phi) is 5.10. The molecule has 2 heterocycles. The first-order valence-corrected chi connectivity index (χ1v) is 8.99. The van der Waals surface area contributed by atoms with Crippen LogP contribution in [0.2, 0.25) is 0 Å². The molecule has 0 radical (unpaired) electrons. The lowest BCUT2D eigenvalue weighted by Gasteiger charge is -2.22. The van der Waals surface area contributed by atoms with Gasteiger partial charge in [0.2, 0.25) is 12.7 Å². The number of fused-ring (bicyclic) bond motifs is 1. The summed E-state index contributed by atoms with van der Waals surface area (Å²) in [5.41, 5.74) is 3.12. The zero-order valence-corrected chi connectivity index (χ0v) is 15.0. The number of rotatable bonds is 7. The molecule has 0 unspecified atom stereocenters. The van der Waals surface area contributed by atoms with Crippen molar-refractivity contribution in [1.82, 2.24) is 4.90 Å². The number of nitrogens with zero attached hydrogens (tertiary/aromatic N) is 1. The fourth-order valence-corrected chi connectivity index (χ4v) is 3.14. The highest BCUT2D eigenvalue weighted by atomic mass is 16.7. The van der Waals surface area contributed by atoms with Crippen LogP contribution in [0.15, 0.2) is 71.5 Å². The quantitative estimate of drug-likeness (QED) is 0.640. The highest BCUT2D eigenvalue weighted by Gasteiger charge is 2.18. The van der Waals surface area contributed by atoms with E-state index in [1.807, 2.05) is 47.4 Å². The van der Waals surface area contributed by atoms with Crippen molar-refractivity contribution in [2.24, 2.45) is 0 Å². The maximum absolute atomic E-state index is 13.0. The van der Waals surface area contributed by atoms with E-state index in [-0.39, 0.29) is 12.7 Å². The minimum Gasteiger partial charge on any atom is -0.472 e. The number of ether oxygens (including phenoxy) is 2. The van der Waals surface area contributed by atoms with Gasteiger partial charge in [0, 0.05) is 18.7 Å². The predicted molar refractivity (Wildman–Crippen MR) is 101 cm³/mol. The summed E-state index contributed by atoms with van der Waals surface area (Å²) in [6.45, 7) is 1.42. The second-order valence-corrected chi connectivity index (χ2v) is 6.55. The van der Waals surface area contributed by atoms with Gasteiger partial charge < -0.3 is 18.8 Å². The lowest BCUT2D eigenvalue weighted by Crippen LogP contribution is -2.33. The smallest absolute Gasteiger partial charge is 0.231 e. The summed E-state index contributed by atoms with van der Waals surface area (Å²) in [6.07, 6.45) is 4.45. The first-order chi connectivity index (χ1) is 13.3. The van der Waals surface area contributed by atoms with Gasteiger partial charge in [0.05, 0.1) is 18.9 Å². The van der Waals surface area contributed by atoms with Crippen molar-refractivity contribution in [3.8, 4) is 11.5 Å². The molecule has 1 aliphatic heterocycles. The molecule has 0 saturated carbocycles. The van der Waals surface area contributed by atoms with E-state index in [9.17, 15) is 4.79 Å². The number of furan rings is 1. The average Bonchev–Trinajstić information content (AvgIpc) is 3.37. The van der Waals surface area contributed by atoms with Gasteiger partial charge in [-0.1, -0.05) is 36.4 Å². The molecule has 5 nitrogen and oxygen atoms in total. The number of carbonyl (C=O) groups is 1. The molecule has 5 heteroatoms. The van der Waals surface area contributed by atoms with E-state index in [0.717, 1.165) is 23.3 Å². The number of hydrogen-bond acceptors (Lipinski definition) is 4. The van der Waals surface area contributed by atoms with Crippen LogP contribution in [0.5, 0.6) is 11.5 Å². The maximum Gasteiger partial charge on any atom is 0.231 e. The van der Waals surface area contributed by atoms with Crippen molar-refractivity contribution < 1.29 is 18.7 Å². The second-order valence-electron chi connectivity index (χ2n) is 6.55. The van der Waals surface area contributed by atoms with Gasteiger partial charge in [-0.3, -0.25) is 4.79 Å². The topological polar surface area (TPSA) is 51.9 Å². The van der Waals surface area contributed by atoms with Crippen molar-refractivity contribution in [3.63, 3.8) is 0 Å². The molecule has 0 atom stereocenters. The summed E-state index contributed by atoms with van der Waals surface area (Å²) in [7, 11) is 0. The van der Waals surface area contributed by atoms with Crippen LogP contribution in [0, 0.1) is 0 Å². The molecule has 0 fully saturated rings. The van der Waals surface area contributed by atoms with Gasteiger partial charge in [-0.15, -0.1) is 0 Å². The fraction of sp³-hybridized carbons (Fsp3) is 0.227. The van der Waals surface area contributed by atoms with Crippen LogP contribution in [0.3, 0.4) is 0 Å². The molecule has 2 aromatic carbocycles. The lowest BCUT2D eigenvalue weighted by molar-refractivity contribution is -0.131. The van der Waals surface area contributed by atoms with E-state index in [2.05, 4.69) is 12.1 Å². The Hall–Kier alpha value is -3.21. The second kappa shape index (κ2) is 7.99. The first-order valence-electron chi connectivity index (χ1n) is 8.99. The van der Waals surface area contributed by atoms with Gasteiger partial charge in [-0.05, 0) is 35.7 Å². The van der Waals surface area contributed by atoms with E-state index < -0.39 is 0 Å². The van der Waals surface area contributed by atoms with Crippen molar-refractivity contribution >= 4 is 5.91 Å². The summed E-state index contributed by atoms with van der Waals surface area (Å²) < 4.78 is 15.9. The Balaban J connectivity index is 1.45. The van der Waals surface area contributed by atoms with Crippen LogP contribution < -0.4 is 9.47 Å². The lowest BCUT2D eigenvalue weighted by atomic mass is 10.1. The Bertz CT molecular complexity index is 890. The SMILES string of the molecule is O=C(Cc1ccc2c(c1)OCO2)N(CCc1ccccc1)Cc1ccoc1. The Morgan fingerprint density at radius 3 is 2.59 bits per heavy atom. The highest BCUT2D eigenvalue weighted by molar-refractivity contribution is 5.79. The van der Waals surface area contributed by atoms with Crippen LogP contribution in [-0.4, -0.2) is 24.1 Å². The fourth-order valence-electron chi connectivity index (χ4n) is 3.14. The molecular formula is C22H21NO4. The first kappa shape index (κ1) is 17.2. The minimum absolute atomic E-state index is 0.0750. The molecule has 4 rings (SSSR count). The van der Waals surface area contributed by atoms with Crippen LogP contribution in [0.1, 0.15) is 16.7 Å². The van der Waals surface area contributed by atoms with Gasteiger partial charge in [-0.2, -0.15) is 0 Å². The summed E-state index contributed by atoms with van der Waals surface area (Å²) in [4.78, 5) is 14.9. The number of amides is 1.